The summed E-state index contributed by atoms with van der Waals surface area (Å²) in [4.78, 5) is 26.1. The highest BCUT2D eigenvalue weighted by Gasteiger charge is 2.45. The third kappa shape index (κ3) is 5.40. The van der Waals surface area contributed by atoms with Crippen molar-refractivity contribution in [1.29, 1.82) is 0 Å². The molecule has 0 radical (unpaired) electrons. The summed E-state index contributed by atoms with van der Waals surface area (Å²) in [5.41, 5.74) is 9.48. The Morgan fingerprint density at radius 1 is 1.12 bits per heavy atom. The number of imidazole rings is 1. The lowest BCUT2D eigenvalue weighted by Crippen LogP contribution is -2.33. The number of carbonyl (C=O) groups excluding carboxylic acids is 1. The van der Waals surface area contributed by atoms with Gasteiger partial charge in [0.2, 0.25) is 5.95 Å². The lowest BCUT2D eigenvalue weighted by Gasteiger charge is -2.19. The molecule has 1 saturated heterocycles. The molecule has 3 heterocycles. The Bertz CT molecular complexity index is 1490. The van der Waals surface area contributed by atoms with E-state index in [1.807, 2.05) is 42.5 Å². The van der Waals surface area contributed by atoms with Crippen LogP contribution in [0.3, 0.4) is 0 Å². The minimum absolute atomic E-state index is 0.0361. The number of nitrogens with two attached hydrogens (primary N) is 1. The summed E-state index contributed by atoms with van der Waals surface area (Å²) in [7, 11) is 3.36. The van der Waals surface area contributed by atoms with E-state index in [0.29, 0.717) is 29.4 Å². The molecule has 4 aromatic rings. The molecule has 5 rings (SSSR count). The Kier molecular flexibility index (Phi) is 7.80. The molecular weight excluding hydrogens is 518 g/mol. The van der Waals surface area contributed by atoms with Crippen LogP contribution in [0.15, 0.2) is 54.9 Å². The molecule has 1 amide bonds. The summed E-state index contributed by atoms with van der Waals surface area (Å²) >= 11 is 0. The van der Waals surface area contributed by atoms with E-state index in [1.54, 1.807) is 20.2 Å². The van der Waals surface area contributed by atoms with Gasteiger partial charge in [-0.15, -0.1) is 0 Å². The molecule has 0 saturated carbocycles. The van der Waals surface area contributed by atoms with E-state index in [4.69, 9.17) is 15.2 Å². The molecule has 6 N–H and O–H groups in total. The predicted octanol–water partition coefficient (Wildman–Crippen LogP) is 0.766. The van der Waals surface area contributed by atoms with Crippen LogP contribution in [-0.2, 0) is 16.1 Å². The van der Waals surface area contributed by atoms with Crippen LogP contribution in [0.1, 0.15) is 11.8 Å². The molecule has 0 unspecified atom stereocenters. The molecule has 40 heavy (non-hydrogen) atoms. The number of anilines is 2. The number of ether oxygens (including phenoxy) is 2. The van der Waals surface area contributed by atoms with Crippen LogP contribution in [0.4, 0.5) is 11.8 Å². The van der Waals surface area contributed by atoms with Crippen molar-refractivity contribution >= 4 is 28.8 Å². The standard InChI is InChI=1S/C27H31N7O6/c1-33(2)20(36)13-39-18-5-3-4-17(10-18)16-8-6-15(7-9-16)11-29-27-32-21-24(28)30-14-31-25(21)34(27)26-23(38)22(37)19(12-35)40-26/h3-10,14,19,22-23,26,35,37-38H,11-13H2,1-2H3,(H,29,32)(H2,28,30,31)/t19-,22-,23-,26-/m1/s1. The van der Waals surface area contributed by atoms with Crippen molar-refractivity contribution < 1.29 is 29.6 Å². The maximum Gasteiger partial charge on any atom is 0.259 e. The molecule has 0 spiro atoms. The number of rotatable bonds is 9. The van der Waals surface area contributed by atoms with Crippen LogP contribution in [0, 0.1) is 0 Å². The average molecular weight is 550 g/mol. The highest BCUT2D eigenvalue weighted by molar-refractivity contribution is 5.84. The van der Waals surface area contributed by atoms with Crippen molar-refractivity contribution in [3.05, 3.63) is 60.4 Å². The molecule has 4 atom stereocenters. The molecule has 13 heteroatoms. The number of amides is 1. The third-order valence-corrected chi connectivity index (χ3v) is 6.71. The first kappa shape index (κ1) is 27.3. The monoisotopic (exact) mass is 549 g/mol. The van der Waals surface area contributed by atoms with Crippen molar-refractivity contribution in [2.75, 3.05) is 38.4 Å². The maximum absolute atomic E-state index is 11.8. The molecule has 1 aliphatic rings. The van der Waals surface area contributed by atoms with Crippen LogP contribution in [0.2, 0.25) is 0 Å². The number of benzene rings is 2. The fourth-order valence-corrected chi connectivity index (χ4v) is 4.42. The molecule has 2 aromatic carbocycles. The molecule has 1 fully saturated rings. The van der Waals surface area contributed by atoms with E-state index >= 15 is 0 Å². The van der Waals surface area contributed by atoms with Gasteiger partial charge in [0.25, 0.3) is 5.91 Å². The van der Waals surface area contributed by atoms with Gasteiger partial charge in [-0.05, 0) is 28.8 Å². The molecule has 2 aromatic heterocycles. The van der Waals surface area contributed by atoms with Gasteiger partial charge in [-0.3, -0.25) is 9.36 Å². The van der Waals surface area contributed by atoms with E-state index in [0.717, 1.165) is 16.7 Å². The maximum atomic E-state index is 11.8. The number of aliphatic hydroxyl groups is 3. The second-order valence-electron chi connectivity index (χ2n) is 9.62. The van der Waals surface area contributed by atoms with Gasteiger partial charge < -0.3 is 40.7 Å². The first-order valence-electron chi connectivity index (χ1n) is 12.6. The van der Waals surface area contributed by atoms with Crippen LogP contribution in [0.5, 0.6) is 5.75 Å². The highest BCUT2D eigenvalue weighted by atomic mass is 16.6. The van der Waals surface area contributed by atoms with Gasteiger partial charge in [0, 0.05) is 20.6 Å². The zero-order chi connectivity index (χ0) is 28.4. The molecule has 0 aliphatic carbocycles. The van der Waals surface area contributed by atoms with E-state index in [-0.39, 0.29) is 18.3 Å². The summed E-state index contributed by atoms with van der Waals surface area (Å²) in [5, 5.41) is 33.7. The van der Waals surface area contributed by atoms with Gasteiger partial charge in [-0.1, -0.05) is 36.4 Å². The quantitative estimate of drug-likeness (QED) is 0.199. The van der Waals surface area contributed by atoms with Crippen molar-refractivity contribution in [3.8, 4) is 16.9 Å². The normalized spacial score (nSPS) is 20.5. The van der Waals surface area contributed by atoms with E-state index in [1.165, 1.54) is 15.8 Å². The van der Waals surface area contributed by atoms with Gasteiger partial charge in [-0.25, -0.2) is 15.0 Å². The van der Waals surface area contributed by atoms with Crippen molar-refractivity contribution in [1.82, 2.24) is 24.4 Å². The number of nitrogens with one attached hydrogen (secondary N) is 1. The lowest BCUT2D eigenvalue weighted by molar-refractivity contribution is -0.130. The fourth-order valence-electron chi connectivity index (χ4n) is 4.42. The van der Waals surface area contributed by atoms with Crippen LogP contribution >= 0.6 is 0 Å². The van der Waals surface area contributed by atoms with Gasteiger partial charge in [0.05, 0.1) is 6.61 Å². The number of fused-ring (bicyclic) bond motifs is 1. The summed E-state index contributed by atoms with van der Waals surface area (Å²) in [6, 6.07) is 15.4. The molecule has 13 nitrogen and oxygen atoms in total. The van der Waals surface area contributed by atoms with Gasteiger partial charge in [0.1, 0.15) is 30.4 Å². The predicted molar refractivity (Wildman–Crippen MR) is 146 cm³/mol. The largest absolute Gasteiger partial charge is 0.484 e. The number of aromatic nitrogens is 4. The number of carbonyl (C=O) groups is 1. The second kappa shape index (κ2) is 11.4. The zero-order valence-corrected chi connectivity index (χ0v) is 22.0. The molecule has 210 valence electrons. The first-order valence-corrected chi connectivity index (χ1v) is 12.6. The van der Waals surface area contributed by atoms with E-state index in [2.05, 4.69) is 20.3 Å². The Morgan fingerprint density at radius 2 is 1.90 bits per heavy atom. The summed E-state index contributed by atoms with van der Waals surface area (Å²) in [6.07, 6.45) is -3.36. The van der Waals surface area contributed by atoms with Crippen LogP contribution in [0.25, 0.3) is 22.3 Å². The number of hydrogen-bond donors (Lipinski definition) is 5. The van der Waals surface area contributed by atoms with Crippen molar-refractivity contribution in [2.24, 2.45) is 0 Å². The molecule has 1 aliphatic heterocycles. The highest BCUT2D eigenvalue weighted by Crippen LogP contribution is 2.35. The number of nitrogen functional groups attached to an aromatic ring is 1. The number of aliphatic hydroxyl groups excluding tert-OH is 3. The van der Waals surface area contributed by atoms with E-state index in [9.17, 15) is 20.1 Å². The Labute approximate surface area is 229 Å². The van der Waals surface area contributed by atoms with Crippen LogP contribution < -0.4 is 15.8 Å². The fraction of sp³-hybridized carbons (Fsp3) is 0.333. The third-order valence-electron chi connectivity index (χ3n) is 6.71. The minimum Gasteiger partial charge on any atom is -0.484 e. The number of nitrogens with zero attached hydrogens (tertiary/aromatic N) is 5. The Morgan fingerprint density at radius 3 is 2.60 bits per heavy atom. The first-order chi connectivity index (χ1) is 19.3. The topological polar surface area (TPSA) is 181 Å². The smallest absolute Gasteiger partial charge is 0.259 e. The van der Waals surface area contributed by atoms with Crippen molar-refractivity contribution in [2.45, 2.75) is 31.1 Å². The minimum atomic E-state index is -1.33. The Hall–Kier alpha value is -4.30. The average Bonchev–Trinajstić information content (AvgIpc) is 3.47. The number of hydrogen-bond acceptors (Lipinski definition) is 11. The molecular formula is C27H31N7O6. The second-order valence-corrected chi connectivity index (χ2v) is 9.62. The van der Waals surface area contributed by atoms with Gasteiger partial charge >= 0.3 is 0 Å². The number of likely N-dealkylation sites (N-methyl/N-ethyl adjacent to an activating group) is 1. The van der Waals surface area contributed by atoms with E-state index < -0.39 is 31.1 Å². The summed E-state index contributed by atoms with van der Waals surface area (Å²) in [6.45, 7) is -0.135. The lowest BCUT2D eigenvalue weighted by atomic mass is 10.0. The summed E-state index contributed by atoms with van der Waals surface area (Å²) in [5.74, 6) is 0.937. The summed E-state index contributed by atoms with van der Waals surface area (Å²) < 4.78 is 12.9. The van der Waals surface area contributed by atoms with Crippen molar-refractivity contribution in [3.63, 3.8) is 0 Å². The Balaban J connectivity index is 1.33. The van der Waals surface area contributed by atoms with Gasteiger partial charge in [0.15, 0.2) is 29.8 Å². The zero-order valence-electron chi connectivity index (χ0n) is 22.0. The van der Waals surface area contributed by atoms with Gasteiger partial charge in [-0.2, -0.15) is 0 Å². The molecule has 0 bridgehead atoms. The van der Waals surface area contributed by atoms with Crippen LogP contribution in [-0.4, -0.2) is 91.3 Å². The SMILES string of the molecule is CN(C)C(=O)COc1cccc(-c2ccc(CNc3nc4c(N)ncnc4n3[C@@H]3O[C@H](CO)[C@@H](O)[C@H]3O)cc2)c1.